The summed E-state index contributed by atoms with van der Waals surface area (Å²) in [6.45, 7) is 2.93. The van der Waals surface area contributed by atoms with Crippen LogP contribution in [0.5, 0.6) is 5.75 Å². The lowest BCUT2D eigenvalue weighted by atomic mass is 10.1. The van der Waals surface area contributed by atoms with Gasteiger partial charge in [-0.1, -0.05) is 51.9 Å². The van der Waals surface area contributed by atoms with Crippen molar-refractivity contribution in [3.05, 3.63) is 58.6 Å². The van der Waals surface area contributed by atoms with E-state index < -0.39 is 11.0 Å². The Kier molecular flexibility index (Phi) is 10.2. The zero-order valence-corrected chi connectivity index (χ0v) is 17.6. The minimum atomic E-state index is -0.484. The van der Waals surface area contributed by atoms with Crippen molar-refractivity contribution >= 4 is 23.1 Å². The second kappa shape index (κ2) is 13.2. The molecular formula is C23H31N3O4. The van der Waals surface area contributed by atoms with Gasteiger partial charge in [-0.2, -0.15) is 0 Å². The molecule has 0 radical (unpaired) electrons. The Morgan fingerprint density at radius 1 is 0.833 bits per heavy atom. The van der Waals surface area contributed by atoms with Crippen LogP contribution < -0.4 is 15.4 Å². The minimum Gasteiger partial charge on any atom is -0.494 e. The summed E-state index contributed by atoms with van der Waals surface area (Å²) in [4.78, 5) is 22.2. The van der Waals surface area contributed by atoms with Gasteiger partial charge < -0.3 is 15.4 Å². The molecular weight excluding hydrogens is 382 g/mol. The van der Waals surface area contributed by atoms with Crippen LogP contribution in [0.1, 0.15) is 58.3 Å². The van der Waals surface area contributed by atoms with Crippen LogP contribution in [0.25, 0.3) is 0 Å². The lowest BCUT2D eigenvalue weighted by molar-refractivity contribution is -0.384. The average molecular weight is 414 g/mol. The van der Waals surface area contributed by atoms with Crippen molar-refractivity contribution in [1.82, 2.24) is 0 Å². The highest BCUT2D eigenvalue weighted by atomic mass is 16.6. The SMILES string of the molecule is CCCCCCCCCCOc1ccc(NC(=O)Nc2ccc([N+](=O)[O-])cc2)cc1. The molecule has 0 unspecified atom stereocenters. The molecule has 0 aliphatic heterocycles. The molecule has 0 spiro atoms. The van der Waals surface area contributed by atoms with E-state index in [0.717, 1.165) is 12.2 Å². The fourth-order valence-corrected chi connectivity index (χ4v) is 3.02. The predicted molar refractivity (Wildman–Crippen MR) is 120 cm³/mol. The van der Waals surface area contributed by atoms with Crippen molar-refractivity contribution in [3.63, 3.8) is 0 Å². The maximum absolute atomic E-state index is 12.1. The first-order valence-electron chi connectivity index (χ1n) is 10.6. The standard InChI is InChI=1S/C23H31N3O4/c1-2-3-4-5-6-7-8-9-18-30-22-16-12-20(13-17-22)25-23(27)24-19-10-14-21(15-11-19)26(28)29/h10-17H,2-9,18H2,1H3,(H2,24,25,27). The Hall–Kier alpha value is -3.09. The van der Waals surface area contributed by atoms with Crippen LogP contribution in [0.2, 0.25) is 0 Å². The van der Waals surface area contributed by atoms with E-state index in [4.69, 9.17) is 4.74 Å². The third kappa shape index (κ3) is 8.94. The molecule has 7 heteroatoms. The number of amides is 2. The summed E-state index contributed by atoms with van der Waals surface area (Å²) in [6, 6.07) is 12.4. The Morgan fingerprint density at radius 2 is 1.33 bits per heavy atom. The fourth-order valence-electron chi connectivity index (χ4n) is 3.02. The molecule has 2 amide bonds. The van der Waals surface area contributed by atoms with Crippen LogP contribution in [-0.4, -0.2) is 17.6 Å². The molecule has 2 aromatic carbocycles. The first kappa shape index (κ1) is 23.2. The van der Waals surface area contributed by atoms with Gasteiger partial charge in [0.1, 0.15) is 5.75 Å². The summed E-state index contributed by atoms with van der Waals surface area (Å²) < 4.78 is 5.75. The molecule has 0 aromatic heterocycles. The van der Waals surface area contributed by atoms with Crippen LogP contribution in [0.15, 0.2) is 48.5 Å². The van der Waals surface area contributed by atoms with Gasteiger partial charge in [0.2, 0.25) is 0 Å². The number of carbonyl (C=O) groups excluding carboxylic acids is 1. The van der Waals surface area contributed by atoms with Crippen molar-refractivity contribution in [2.45, 2.75) is 58.3 Å². The van der Waals surface area contributed by atoms with Crippen LogP contribution in [0.3, 0.4) is 0 Å². The molecule has 0 bridgehead atoms. The number of hydrogen-bond donors (Lipinski definition) is 2. The van der Waals surface area contributed by atoms with Crippen molar-refractivity contribution in [2.75, 3.05) is 17.2 Å². The summed E-state index contributed by atoms with van der Waals surface area (Å²) in [5, 5.41) is 16.0. The number of hydrogen-bond acceptors (Lipinski definition) is 4. The molecule has 162 valence electrons. The predicted octanol–water partition coefficient (Wildman–Crippen LogP) is 6.76. The minimum absolute atomic E-state index is 0.0245. The highest BCUT2D eigenvalue weighted by molar-refractivity contribution is 5.99. The third-order valence-corrected chi connectivity index (χ3v) is 4.71. The molecule has 0 saturated heterocycles. The van der Waals surface area contributed by atoms with Gasteiger partial charge in [-0.15, -0.1) is 0 Å². The van der Waals surface area contributed by atoms with Crippen LogP contribution in [0.4, 0.5) is 21.9 Å². The number of unbranched alkanes of at least 4 members (excludes halogenated alkanes) is 7. The number of ether oxygens (including phenoxy) is 1. The monoisotopic (exact) mass is 413 g/mol. The number of benzene rings is 2. The number of carbonyl (C=O) groups is 1. The smallest absolute Gasteiger partial charge is 0.323 e. The fraction of sp³-hybridized carbons (Fsp3) is 0.435. The molecule has 0 saturated carbocycles. The molecule has 7 nitrogen and oxygen atoms in total. The summed E-state index contributed by atoms with van der Waals surface area (Å²) in [7, 11) is 0. The molecule has 2 aromatic rings. The molecule has 0 atom stereocenters. The van der Waals surface area contributed by atoms with Crippen molar-refractivity contribution in [2.24, 2.45) is 0 Å². The van der Waals surface area contributed by atoms with Crippen LogP contribution >= 0.6 is 0 Å². The molecule has 0 fully saturated rings. The molecule has 2 N–H and O–H groups in total. The van der Waals surface area contributed by atoms with E-state index >= 15 is 0 Å². The lowest BCUT2D eigenvalue weighted by Crippen LogP contribution is -2.19. The average Bonchev–Trinajstić information content (AvgIpc) is 2.74. The van der Waals surface area contributed by atoms with Crippen LogP contribution in [0, 0.1) is 10.1 Å². The second-order valence-electron chi connectivity index (χ2n) is 7.23. The quantitative estimate of drug-likeness (QED) is 0.215. The Balaban J connectivity index is 1.64. The van der Waals surface area contributed by atoms with Crippen LogP contribution in [-0.2, 0) is 0 Å². The molecule has 0 aliphatic carbocycles. The normalized spacial score (nSPS) is 10.4. The first-order valence-corrected chi connectivity index (χ1v) is 10.6. The molecule has 0 heterocycles. The molecule has 0 aliphatic rings. The number of nitrogens with zero attached hydrogens (tertiary/aromatic N) is 1. The number of urea groups is 1. The second-order valence-corrected chi connectivity index (χ2v) is 7.23. The Labute approximate surface area is 178 Å². The lowest BCUT2D eigenvalue weighted by Gasteiger charge is -2.09. The molecule has 30 heavy (non-hydrogen) atoms. The topological polar surface area (TPSA) is 93.5 Å². The number of nitrogens with one attached hydrogen (secondary N) is 2. The number of anilines is 2. The highest BCUT2D eigenvalue weighted by Gasteiger charge is 2.07. The summed E-state index contributed by atoms with van der Waals surface area (Å²) in [5.74, 6) is 0.777. The first-order chi connectivity index (χ1) is 14.6. The van der Waals surface area contributed by atoms with Gasteiger partial charge >= 0.3 is 6.03 Å². The van der Waals surface area contributed by atoms with Gasteiger partial charge in [0.15, 0.2) is 0 Å². The van der Waals surface area contributed by atoms with Crippen molar-refractivity contribution < 1.29 is 14.5 Å². The van der Waals surface area contributed by atoms with Gasteiger partial charge in [0, 0.05) is 23.5 Å². The van der Waals surface area contributed by atoms with Gasteiger partial charge in [-0.25, -0.2) is 4.79 Å². The van der Waals surface area contributed by atoms with E-state index in [2.05, 4.69) is 17.6 Å². The number of nitro groups is 1. The number of nitro benzene ring substituents is 1. The number of rotatable bonds is 13. The van der Waals surface area contributed by atoms with Crippen molar-refractivity contribution in [1.29, 1.82) is 0 Å². The maximum atomic E-state index is 12.1. The Morgan fingerprint density at radius 3 is 1.87 bits per heavy atom. The van der Waals surface area contributed by atoms with Crippen molar-refractivity contribution in [3.8, 4) is 5.75 Å². The van der Waals surface area contributed by atoms with E-state index in [9.17, 15) is 14.9 Å². The number of non-ortho nitro benzene ring substituents is 1. The maximum Gasteiger partial charge on any atom is 0.323 e. The highest BCUT2D eigenvalue weighted by Crippen LogP contribution is 2.18. The van der Waals surface area contributed by atoms with Gasteiger partial charge in [0.25, 0.3) is 5.69 Å². The summed E-state index contributed by atoms with van der Waals surface area (Å²) >= 11 is 0. The third-order valence-electron chi connectivity index (χ3n) is 4.71. The summed E-state index contributed by atoms with van der Waals surface area (Å²) in [6.07, 6.45) is 10.1. The zero-order chi connectivity index (χ0) is 21.6. The summed E-state index contributed by atoms with van der Waals surface area (Å²) in [5.41, 5.74) is 1.08. The van der Waals surface area contributed by atoms with E-state index in [1.807, 2.05) is 12.1 Å². The van der Waals surface area contributed by atoms with E-state index in [1.54, 1.807) is 12.1 Å². The molecule has 2 rings (SSSR count). The van der Waals surface area contributed by atoms with Gasteiger partial charge in [0.05, 0.1) is 11.5 Å². The van der Waals surface area contributed by atoms with Gasteiger partial charge in [-0.05, 0) is 42.8 Å². The zero-order valence-electron chi connectivity index (χ0n) is 17.6. The van der Waals surface area contributed by atoms with E-state index in [0.29, 0.717) is 18.0 Å². The van der Waals surface area contributed by atoms with E-state index in [-0.39, 0.29) is 5.69 Å². The Bertz CT molecular complexity index is 776. The largest absolute Gasteiger partial charge is 0.494 e. The van der Waals surface area contributed by atoms with Gasteiger partial charge in [-0.3, -0.25) is 10.1 Å². The van der Waals surface area contributed by atoms with E-state index in [1.165, 1.54) is 69.2 Å².